The van der Waals surface area contributed by atoms with Crippen LogP contribution in [0.15, 0.2) is 60.7 Å². The van der Waals surface area contributed by atoms with Crippen molar-refractivity contribution < 1.29 is 19.1 Å². The van der Waals surface area contributed by atoms with Crippen molar-refractivity contribution in [1.82, 2.24) is 0 Å². The highest BCUT2D eigenvalue weighted by Gasteiger charge is 2.25. The number of carbonyl (C=O) groups excluding carboxylic acids is 2. The molecule has 30 heavy (non-hydrogen) atoms. The Bertz CT molecular complexity index is 1050. The first-order valence-electron chi connectivity index (χ1n) is 9.52. The maximum atomic E-state index is 12.7. The molecular formula is C24H23NO4S. The largest absolute Gasteiger partial charge is 0.497 e. The van der Waals surface area contributed by atoms with E-state index in [4.69, 9.17) is 9.47 Å². The molecule has 6 heteroatoms. The number of esters is 1. The van der Waals surface area contributed by atoms with Crippen molar-refractivity contribution in [1.29, 1.82) is 0 Å². The van der Waals surface area contributed by atoms with Crippen molar-refractivity contribution in [2.24, 2.45) is 0 Å². The van der Waals surface area contributed by atoms with Crippen LogP contribution in [0, 0.1) is 6.92 Å². The normalized spacial score (nSPS) is 10.8. The summed E-state index contributed by atoms with van der Waals surface area (Å²) in [4.78, 5) is 26.2. The van der Waals surface area contributed by atoms with Crippen molar-refractivity contribution in [3.05, 3.63) is 76.7 Å². The van der Waals surface area contributed by atoms with E-state index in [1.165, 1.54) is 17.4 Å². The molecule has 1 amide bonds. The quantitative estimate of drug-likeness (QED) is 0.401. The molecule has 0 radical (unpaired) electrons. The molecule has 0 unspecified atom stereocenters. The molecule has 2 aromatic carbocycles. The van der Waals surface area contributed by atoms with Gasteiger partial charge in [-0.3, -0.25) is 4.79 Å². The van der Waals surface area contributed by atoms with Gasteiger partial charge in [-0.25, -0.2) is 4.79 Å². The number of hydrogen-bond acceptors (Lipinski definition) is 5. The summed E-state index contributed by atoms with van der Waals surface area (Å²) in [6, 6.07) is 17.0. The third-order valence-corrected chi connectivity index (χ3v) is 5.43. The summed E-state index contributed by atoms with van der Waals surface area (Å²) in [6.45, 7) is 3.92. The van der Waals surface area contributed by atoms with Crippen molar-refractivity contribution >= 4 is 34.3 Å². The van der Waals surface area contributed by atoms with E-state index in [2.05, 4.69) is 5.32 Å². The molecule has 0 aliphatic rings. The second-order valence-electron chi connectivity index (χ2n) is 6.42. The topological polar surface area (TPSA) is 64.6 Å². The Kier molecular flexibility index (Phi) is 7.03. The van der Waals surface area contributed by atoms with Crippen LogP contribution in [0.5, 0.6) is 5.75 Å². The first kappa shape index (κ1) is 21.3. The van der Waals surface area contributed by atoms with E-state index in [1.54, 1.807) is 20.1 Å². The molecular weight excluding hydrogens is 398 g/mol. The highest BCUT2D eigenvalue weighted by atomic mass is 32.1. The Morgan fingerprint density at radius 1 is 1.07 bits per heavy atom. The predicted octanol–water partition coefficient (Wildman–Crippen LogP) is 5.56. The third kappa shape index (κ3) is 4.96. The zero-order valence-corrected chi connectivity index (χ0v) is 17.9. The molecule has 0 spiro atoms. The van der Waals surface area contributed by atoms with Gasteiger partial charge in [-0.15, -0.1) is 11.3 Å². The number of ether oxygens (including phenoxy) is 2. The molecule has 0 aliphatic heterocycles. The number of amides is 1. The van der Waals surface area contributed by atoms with Gasteiger partial charge in [0.05, 0.1) is 13.7 Å². The van der Waals surface area contributed by atoms with Gasteiger partial charge in [0.25, 0.3) is 0 Å². The van der Waals surface area contributed by atoms with Crippen molar-refractivity contribution in [2.75, 3.05) is 19.0 Å². The maximum absolute atomic E-state index is 12.7. The monoisotopic (exact) mass is 421 g/mol. The van der Waals surface area contributed by atoms with Crippen LogP contribution in [-0.4, -0.2) is 25.6 Å². The number of rotatable bonds is 7. The number of carbonyl (C=O) groups is 2. The molecule has 0 aliphatic carbocycles. The van der Waals surface area contributed by atoms with Gasteiger partial charge < -0.3 is 14.8 Å². The smallest absolute Gasteiger partial charge is 0.341 e. The van der Waals surface area contributed by atoms with Gasteiger partial charge in [0, 0.05) is 16.5 Å². The molecule has 0 fully saturated rings. The number of thiophene rings is 1. The Hall–Kier alpha value is -3.38. The van der Waals surface area contributed by atoms with Crippen LogP contribution < -0.4 is 10.1 Å². The van der Waals surface area contributed by atoms with E-state index in [0.29, 0.717) is 10.6 Å². The summed E-state index contributed by atoms with van der Waals surface area (Å²) < 4.78 is 10.5. The highest BCUT2D eigenvalue weighted by Crippen LogP contribution is 2.40. The van der Waals surface area contributed by atoms with E-state index in [0.717, 1.165) is 27.3 Å². The maximum Gasteiger partial charge on any atom is 0.341 e. The fourth-order valence-electron chi connectivity index (χ4n) is 3.03. The molecule has 0 saturated carbocycles. The molecule has 0 atom stereocenters. The minimum atomic E-state index is -0.463. The van der Waals surface area contributed by atoms with E-state index >= 15 is 0 Å². The number of aryl methyl sites for hydroxylation is 1. The summed E-state index contributed by atoms with van der Waals surface area (Å²) in [7, 11) is 1.60. The Morgan fingerprint density at radius 2 is 1.77 bits per heavy atom. The molecule has 0 bridgehead atoms. The first-order valence-corrected chi connectivity index (χ1v) is 10.3. The van der Waals surface area contributed by atoms with Crippen LogP contribution in [0.4, 0.5) is 5.00 Å². The van der Waals surface area contributed by atoms with Crippen molar-refractivity contribution in [3.63, 3.8) is 0 Å². The van der Waals surface area contributed by atoms with Crippen LogP contribution in [0.2, 0.25) is 0 Å². The molecule has 1 heterocycles. The zero-order valence-electron chi connectivity index (χ0n) is 17.1. The predicted molar refractivity (Wildman–Crippen MR) is 121 cm³/mol. The summed E-state index contributed by atoms with van der Waals surface area (Å²) in [5, 5.41) is 3.31. The summed E-state index contributed by atoms with van der Waals surface area (Å²) in [5.74, 6) is -0.0502. The lowest BCUT2D eigenvalue weighted by Gasteiger charge is -2.09. The van der Waals surface area contributed by atoms with E-state index in [-0.39, 0.29) is 12.5 Å². The minimum absolute atomic E-state index is 0.247. The van der Waals surface area contributed by atoms with E-state index in [9.17, 15) is 9.59 Å². The molecule has 5 nitrogen and oxygen atoms in total. The van der Waals surface area contributed by atoms with E-state index < -0.39 is 5.97 Å². The second kappa shape index (κ2) is 9.89. The van der Waals surface area contributed by atoms with Crippen molar-refractivity contribution in [3.8, 4) is 16.9 Å². The van der Waals surface area contributed by atoms with Gasteiger partial charge in [0.1, 0.15) is 16.3 Å². The number of hydrogen-bond donors (Lipinski definition) is 1. The zero-order chi connectivity index (χ0) is 21.5. The Balaban J connectivity index is 1.94. The highest BCUT2D eigenvalue weighted by molar-refractivity contribution is 7.17. The van der Waals surface area contributed by atoms with Crippen LogP contribution in [0.1, 0.15) is 27.7 Å². The average Bonchev–Trinajstić information content (AvgIpc) is 3.08. The lowest BCUT2D eigenvalue weighted by molar-refractivity contribution is -0.111. The standard InChI is InChI=1S/C24H23NO4S/c1-4-29-24(27)22-21(18-11-13-19(28-3)14-12-18)16(2)30-23(22)25-20(26)15-10-17-8-6-5-7-9-17/h5-15H,4H2,1-3H3,(H,25,26)/b15-10+. The van der Waals surface area contributed by atoms with Crippen LogP contribution in [0.25, 0.3) is 17.2 Å². The Labute approximate surface area is 180 Å². The fraction of sp³-hybridized carbons (Fsp3) is 0.167. The van der Waals surface area contributed by atoms with Crippen LogP contribution in [-0.2, 0) is 9.53 Å². The van der Waals surface area contributed by atoms with Crippen molar-refractivity contribution in [2.45, 2.75) is 13.8 Å². The molecule has 0 saturated heterocycles. The van der Waals surface area contributed by atoms with Crippen LogP contribution >= 0.6 is 11.3 Å². The second-order valence-corrected chi connectivity index (χ2v) is 7.64. The fourth-order valence-corrected chi connectivity index (χ4v) is 4.09. The molecule has 3 rings (SSSR count). The molecule has 1 aromatic heterocycles. The number of nitrogens with one attached hydrogen (secondary N) is 1. The van der Waals surface area contributed by atoms with Gasteiger partial charge in [-0.05, 0) is 43.2 Å². The van der Waals surface area contributed by atoms with E-state index in [1.807, 2.05) is 61.5 Å². The van der Waals surface area contributed by atoms with Gasteiger partial charge in [0.15, 0.2) is 0 Å². The summed E-state index contributed by atoms with van der Waals surface area (Å²) in [6.07, 6.45) is 3.18. The summed E-state index contributed by atoms with van der Waals surface area (Å²) >= 11 is 1.35. The number of benzene rings is 2. The van der Waals surface area contributed by atoms with Gasteiger partial charge in [0.2, 0.25) is 5.91 Å². The third-order valence-electron chi connectivity index (χ3n) is 4.41. The lowest BCUT2D eigenvalue weighted by atomic mass is 10.0. The SMILES string of the molecule is CCOC(=O)c1c(NC(=O)/C=C/c2ccccc2)sc(C)c1-c1ccc(OC)cc1. The lowest BCUT2D eigenvalue weighted by Crippen LogP contribution is -2.12. The Morgan fingerprint density at radius 3 is 2.40 bits per heavy atom. The molecule has 3 aromatic rings. The number of methoxy groups -OCH3 is 1. The minimum Gasteiger partial charge on any atom is -0.497 e. The number of anilines is 1. The average molecular weight is 422 g/mol. The summed E-state index contributed by atoms with van der Waals surface area (Å²) in [5.41, 5.74) is 2.89. The van der Waals surface area contributed by atoms with Gasteiger partial charge in [-0.1, -0.05) is 42.5 Å². The van der Waals surface area contributed by atoms with Crippen LogP contribution in [0.3, 0.4) is 0 Å². The first-order chi connectivity index (χ1) is 14.5. The van der Waals surface area contributed by atoms with Gasteiger partial charge in [-0.2, -0.15) is 0 Å². The van der Waals surface area contributed by atoms with Gasteiger partial charge >= 0.3 is 5.97 Å². The molecule has 154 valence electrons. The molecule has 1 N–H and O–H groups in total.